The largest absolute Gasteiger partial charge is 0.493 e. The van der Waals surface area contributed by atoms with Gasteiger partial charge in [0.05, 0.1) is 22.9 Å². The number of carbonyl (C=O) groups is 1. The average molecular weight is 361 g/mol. The molecule has 2 aromatic rings. The number of nitrogens with one attached hydrogen (secondary N) is 1. The molecule has 134 valence electrons. The minimum absolute atomic E-state index is 0.0656. The van der Waals surface area contributed by atoms with Crippen LogP contribution >= 0.6 is 11.3 Å². The van der Waals surface area contributed by atoms with Gasteiger partial charge in [-0.05, 0) is 38.7 Å². The second-order valence-electron chi connectivity index (χ2n) is 6.60. The number of thiazole rings is 1. The zero-order valence-corrected chi connectivity index (χ0v) is 15.1. The van der Waals surface area contributed by atoms with E-state index in [0.29, 0.717) is 19.7 Å². The van der Waals surface area contributed by atoms with Crippen molar-refractivity contribution in [3.8, 4) is 5.75 Å². The molecule has 3 heterocycles. The van der Waals surface area contributed by atoms with Gasteiger partial charge in [-0.1, -0.05) is 11.3 Å². The number of aromatic nitrogens is 1. The van der Waals surface area contributed by atoms with Gasteiger partial charge in [-0.25, -0.2) is 9.78 Å². The van der Waals surface area contributed by atoms with Gasteiger partial charge in [-0.3, -0.25) is 4.90 Å². The number of benzene rings is 1. The molecule has 1 aromatic carbocycles. The maximum Gasteiger partial charge on any atom is 0.324 e. The molecule has 0 bridgehead atoms. The summed E-state index contributed by atoms with van der Waals surface area (Å²) < 4.78 is 6.73. The van der Waals surface area contributed by atoms with Crippen LogP contribution in [-0.2, 0) is 6.42 Å². The molecular formula is C17H23N5O2S. The van der Waals surface area contributed by atoms with Gasteiger partial charge in [-0.15, -0.1) is 0 Å². The fourth-order valence-corrected chi connectivity index (χ4v) is 4.58. The molecule has 3 N–H and O–H groups in total. The van der Waals surface area contributed by atoms with Crippen LogP contribution in [0.5, 0.6) is 5.75 Å². The van der Waals surface area contributed by atoms with Crippen molar-refractivity contribution >= 4 is 32.7 Å². The Morgan fingerprint density at radius 2 is 2.40 bits per heavy atom. The van der Waals surface area contributed by atoms with Gasteiger partial charge in [0.15, 0.2) is 5.13 Å². The van der Waals surface area contributed by atoms with Crippen molar-refractivity contribution in [2.45, 2.75) is 18.9 Å². The third-order valence-electron chi connectivity index (χ3n) is 4.77. The third-order valence-corrected chi connectivity index (χ3v) is 5.79. The summed E-state index contributed by atoms with van der Waals surface area (Å²) in [6.45, 7) is 3.76. The second-order valence-corrected chi connectivity index (χ2v) is 7.61. The van der Waals surface area contributed by atoms with Crippen molar-refractivity contribution in [1.29, 1.82) is 0 Å². The number of likely N-dealkylation sites (N-methyl/N-ethyl adjacent to an activating group) is 1. The van der Waals surface area contributed by atoms with Crippen LogP contribution in [0.15, 0.2) is 12.1 Å². The number of fused-ring (bicyclic) bond motifs is 3. The van der Waals surface area contributed by atoms with Crippen LogP contribution in [-0.4, -0.2) is 61.8 Å². The number of nitrogens with zero attached hydrogens (tertiary/aromatic N) is 3. The molecule has 1 aromatic heterocycles. The molecule has 1 atom stereocenters. The van der Waals surface area contributed by atoms with Crippen molar-refractivity contribution in [2.24, 2.45) is 5.73 Å². The molecule has 0 saturated carbocycles. The lowest BCUT2D eigenvalue weighted by Gasteiger charge is -2.25. The molecule has 8 heteroatoms. The summed E-state index contributed by atoms with van der Waals surface area (Å²) in [6, 6.07) is 4.07. The molecule has 0 radical (unpaired) electrons. The van der Waals surface area contributed by atoms with E-state index in [1.54, 1.807) is 11.3 Å². The topological polar surface area (TPSA) is 83.7 Å². The summed E-state index contributed by atoms with van der Waals surface area (Å²) in [4.78, 5) is 21.2. The molecule has 1 unspecified atom stereocenters. The van der Waals surface area contributed by atoms with Crippen LogP contribution in [0.25, 0.3) is 10.2 Å². The lowest BCUT2D eigenvalue weighted by atomic mass is 10.1. The number of hydrogen-bond acceptors (Lipinski definition) is 6. The van der Waals surface area contributed by atoms with Crippen LogP contribution in [0.2, 0.25) is 0 Å². The summed E-state index contributed by atoms with van der Waals surface area (Å²) in [5, 5.41) is 3.72. The number of urea groups is 1. The monoisotopic (exact) mass is 361 g/mol. The Balaban J connectivity index is 1.60. The van der Waals surface area contributed by atoms with Gasteiger partial charge in [0.2, 0.25) is 0 Å². The Hall–Kier alpha value is -1.90. The first-order valence-corrected chi connectivity index (χ1v) is 9.50. The molecule has 1 fully saturated rings. The van der Waals surface area contributed by atoms with Crippen LogP contribution in [0.4, 0.5) is 9.93 Å². The number of hydrogen-bond donors (Lipinski definition) is 2. The highest BCUT2D eigenvalue weighted by Crippen LogP contribution is 2.38. The molecule has 2 aliphatic rings. The van der Waals surface area contributed by atoms with Crippen molar-refractivity contribution in [2.75, 3.05) is 44.7 Å². The standard InChI is InChI=1S/C17H23N5O2S/c1-21(7-2-6-18)10-11-9-19-16(23)22(11)17-20-15-12-5-8-24-13(12)3-4-14(15)25-17/h3-4,11H,2,5-10,18H2,1H3,(H,19,23). The van der Waals surface area contributed by atoms with E-state index in [-0.39, 0.29) is 12.1 Å². The highest BCUT2D eigenvalue weighted by Gasteiger charge is 2.35. The van der Waals surface area contributed by atoms with Crippen molar-refractivity contribution in [3.63, 3.8) is 0 Å². The third kappa shape index (κ3) is 3.05. The Bertz CT molecular complexity index is 793. The number of ether oxygens (including phenoxy) is 1. The summed E-state index contributed by atoms with van der Waals surface area (Å²) >= 11 is 1.57. The van der Waals surface area contributed by atoms with E-state index < -0.39 is 0 Å². The Morgan fingerprint density at radius 3 is 3.24 bits per heavy atom. The predicted octanol–water partition coefficient (Wildman–Crippen LogP) is 1.41. The highest BCUT2D eigenvalue weighted by atomic mass is 32.1. The maximum atomic E-state index is 12.4. The first-order chi connectivity index (χ1) is 12.2. The van der Waals surface area contributed by atoms with Crippen molar-refractivity contribution in [1.82, 2.24) is 15.2 Å². The SMILES string of the molecule is CN(CCCN)CC1CNC(=O)N1c1nc2c3c(ccc2s1)OCC3. The molecule has 0 aliphatic carbocycles. The predicted molar refractivity (Wildman–Crippen MR) is 99.7 cm³/mol. The molecular weight excluding hydrogens is 338 g/mol. The number of carbonyl (C=O) groups excluding carboxylic acids is 1. The fraction of sp³-hybridized carbons (Fsp3) is 0.529. The number of amides is 2. The minimum Gasteiger partial charge on any atom is -0.493 e. The molecule has 2 aliphatic heterocycles. The Kier molecular flexibility index (Phi) is 4.49. The van der Waals surface area contributed by atoms with E-state index in [1.807, 2.05) is 17.0 Å². The maximum absolute atomic E-state index is 12.4. The van der Waals surface area contributed by atoms with Gasteiger partial charge < -0.3 is 20.7 Å². The van der Waals surface area contributed by atoms with E-state index in [0.717, 1.165) is 52.6 Å². The van der Waals surface area contributed by atoms with E-state index >= 15 is 0 Å². The van der Waals surface area contributed by atoms with E-state index in [2.05, 4.69) is 17.3 Å². The number of rotatable bonds is 6. The van der Waals surface area contributed by atoms with E-state index in [9.17, 15) is 4.79 Å². The van der Waals surface area contributed by atoms with Crippen LogP contribution in [0.3, 0.4) is 0 Å². The van der Waals surface area contributed by atoms with Crippen molar-refractivity contribution in [3.05, 3.63) is 17.7 Å². The average Bonchev–Trinajstić information content (AvgIpc) is 3.29. The van der Waals surface area contributed by atoms with Crippen LogP contribution < -0.4 is 20.7 Å². The molecule has 7 nitrogen and oxygen atoms in total. The number of nitrogens with two attached hydrogens (primary N) is 1. The smallest absolute Gasteiger partial charge is 0.324 e. The van der Waals surface area contributed by atoms with E-state index in [1.165, 1.54) is 0 Å². The highest BCUT2D eigenvalue weighted by molar-refractivity contribution is 7.22. The number of anilines is 1. The van der Waals surface area contributed by atoms with E-state index in [4.69, 9.17) is 15.5 Å². The molecule has 25 heavy (non-hydrogen) atoms. The van der Waals surface area contributed by atoms with Crippen LogP contribution in [0.1, 0.15) is 12.0 Å². The summed E-state index contributed by atoms with van der Waals surface area (Å²) in [6.07, 6.45) is 1.84. The van der Waals surface area contributed by atoms with Crippen LogP contribution in [0, 0.1) is 0 Å². The molecule has 0 spiro atoms. The second kappa shape index (κ2) is 6.78. The lowest BCUT2D eigenvalue weighted by Crippen LogP contribution is -2.42. The summed E-state index contributed by atoms with van der Waals surface area (Å²) in [5.41, 5.74) is 7.73. The minimum atomic E-state index is -0.0656. The fourth-order valence-electron chi connectivity index (χ4n) is 3.51. The Labute approximate surface area is 150 Å². The molecule has 2 amide bonds. The van der Waals surface area contributed by atoms with Gasteiger partial charge in [0.1, 0.15) is 5.75 Å². The Morgan fingerprint density at radius 1 is 1.52 bits per heavy atom. The first-order valence-electron chi connectivity index (χ1n) is 8.68. The van der Waals surface area contributed by atoms with Gasteiger partial charge in [0, 0.05) is 25.1 Å². The van der Waals surface area contributed by atoms with Gasteiger partial charge in [-0.2, -0.15) is 0 Å². The quantitative estimate of drug-likeness (QED) is 0.813. The zero-order chi connectivity index (χ0) is 17.4. The molecule has 1 saturated heterocycles. The summed E-state index contributed by atoms with van der Waals surface area (Å²) in [7, 11) is 2.07. The van der Waals surface area contributed by atoms with Gasteiger partial charge in [0.25, 0.3) is 0 Å². The lowest BCUT2D eigenvalue weighted by molar-refractivity contribution is 0.251. The first kappa shape index (κ1) is 16.6. The zero-order valence-electron chi connectivity index (χ0n) is 14.3. The van der Waals surface area contributed by atoms with Crippen molar-refractivity contribution < 1.29 is 9.53 Å². The van der Waals surface area contributed by atoms with Gasteiger partial charge >= 0.3 is 6.03 Å². The summed E-state index contributed by atoms with van der Waals surface area (Å²) in [5.74, 6) is 0.924. The normalized spacial score (nSPS) is 19.6. The molecule has 4 rings (SSSR count).